The zero-order chi connectivity index (χ0) is 12.3. The van der Waals surface area contributed by atoms with Crippen LogP contribution in [0.1, 0.15) is 17.5 Å². The zero-order valence-corrected chi connectivity index (χ0v) is 9.41. The highest BCUT2D eigenvalue weighted by atomic mass is 19.1. The van der Waals surface area contributed by atoms with Crippen molar-refractivity contribution < 1.29 is 13.9 Å². The number of nitrogens with one attached hydrogen (secondary N) is 1. The molecule has 1 atom stereocenters. The lowest BCUT2D eigenvalue weighted by Gasteiger charge is -2.10. The number of rotatable bonds is 4. The molecule has 1 aromatic rings. The van der Waals surface area contributed by atoms with E-state index in [-0.39, 0.29) is 11.9 Å². The molecule has 2 rings (SSSR count). The summed E-state index contributed by atoms with van der Waals surface area (Å²) in [7, 11) is 0. The molecule has 1 aliphatic rings. The van der Waals surface area contributed by atoms with Gasteiger partial charge >= 0.3 is 0 Å². The first-order valence-electron chi connectivity index (χ1n) is 5.48. The summed E-state index contributed by atoms with van der Waals surface area (Å²) in [6.45, 7) is 1.62. The second-order valence-electron chi connectivity index (χ2n) is 4.06. The van der Waals surface area contributed by atoms with Gasteiger partial charge in [0.15, 0.2) is 0 Å². The molecule has 1 saturated heterocycles. The van der Waals surface area contributed by atoms with Crippen LogP contribution in [-0.2, 0) is 16.1 Å². The van der Waals surface area contributed by atoms with Crippen LogP contribution < -0.4 is 5.73 Å². The van der Waals surface area contributed by atoms with Gasteiger partial charge in [-0.1, -0.05) is 0 Å². The molecular weight excluding hydrogens is 223 g/mol. The minimum absolute atomic E-state index is 0.0824. The van der Waals surface area contributed by atoms with Crippen LogP contribution in [0.25, 0.3) is 0 Å². The quantitative estimate of drug-likeness (QED) is 0.615. The number of ether oxygens (including phenoxy) is 2. The highest BCUT2D eigenvalue weighted by molar-refractivity contribution is 5.95. The van der Waals surface area contributed by atoms with Crippen molar-refractivity contribution in [2.45, 2.75) is 19.1 Å². The minimum atomic E-state index is -0.404. The summed E-state index contributed by atoms with van der Waals surface area (Å²) in [6, 6.07) is 4.30. The van der Waals surface area contributed by atoms with Crippen LogP contribution in [0.4, 0.5) is 4.39 Å². The van der Waals surface area contributed by atoms with Gasteiger partial charge in [0.1, 0.15) is 11.7 Å². The average molecular weight is 238 g/mol. The van der Waals surface area contributed by atoms with Crippen molar-refractivity contribution in [3.8, 4) is 0 Å². The summed E-state index contributed by atoms with van der Waals surface area (Å²) in [5, 5.41) is 7.28. The minimum Gasteiger partial charge on any atom is -0.384 e. The molecular formula is C12H15FN2O2. The fraction of sp³-hybridized carbons (Fsp3) is 0.417. The van der Waals surface area contributed by atoms with E-state index < -0.39 is 5.82 Å². The molecule has 0 aliphatic carbocycles. The van der Waals surface area contributed by atoms with Crippen LogP contribution in [0.3, 0.4) is 0 Å². The molecule has 1 aliphatic heterocycles. The molecule has 1 unspecified atom stereocenters. The third-order valence-corrected chi connectivity index (χ3v) is 2.64. The number of benzene rings is 1. The molecule has 0 bridgehead atoms. The predicted octanol–water partition coefficient (Wildman–Crippen LogP) is 1.42. The first kappa shape index (κ1) is 12.0. The van der Waals surface area contributed by atoms with E-state index in [4.69, 9.17) is 20.6 Å². The Labute approximate surface area is 99.0 Å². The Balaban J connectivity index is 2.01. The summed E-state index contributed by atoms with van der Waals surface area (Å²) in [6.07, 6.45) is 0.952. The normalized spacial score (nSPS) is 19.5. The molecule has 5 heteroatoms. The zero-order valence-electron chi connectivity index (χ0n) is 9.41. The lowest BCUT2D eigenvalue weighted by atomic mass is 10.1. The first-order chi connectivity index (χ1) is 8.15. The van der Waals surface area contributed by atoms with Gasteiger partial charge in [-0.25, -0.2) is 4.39 Å². The molecule has 0 amide bonds. The number of nitrogens with two attached hydrogens (primary N) is 1. The van der Waals surface area contributed by atoms with Crippen LogP contribution in [0.2, 0.25) is 0 Å². The Morgan fingerprint density at radius 1 is 1.53 bits per heavy atom. The molecule has 0 spiro atoms. The second kappa shape index (κ2) is 5.25. The Morgan fingerprint density at radius 3 is 3.00 bits per heavy atom. The Hall–Kier alpha value is -1.46. The molecule has 92 valence electrons. The molecule has 3 N–H and O–H groups in total. The van der Waals surface area contributed by atoms with Crippen molar-refractivity contribution in [1.82, 2.24) is 0 Å². The van der Waals surface area contributed by atoms with Crippen molar-refractivity contribution >= 4 is 5.84 Å². The maximum atomic E-state index is 13.3. The van der Waals surface area contributed by atoms with E-state index in [0.29, 0.717) is 30.9 Å². The summed E-state index contributed by atoms with van der Waals surface area (Å²) in [5.74, 6) is -0.547. The molecule has 1 fully saturated rings. The van der Waals surface area contributed by atoms with Crippen LogP contribution in [0.15, 0.2) is 18.2 Å². The van der Waals surface area contributed by atoms with Gasteiger partial charge < -0.3 is 15.2 Å². The third kappa shape index (κ3) is 3.25. The van der Waals surface area contributed by atoms with Gasteiger partial charge in [0.05, 0.1) is 19.3 Å². The highest BCUT2D eigenvalue weighted by Gasteiger charge is 2.16. The maximum Gasteiger partial charge on any atom is 0.124 e. The van der Waals surface area contributed by atoms with E-state index in [0.717, 1.165) is 6.42 Å². The first-order valence-corrected chi connectivity index (χ1v) is 5.48. The lowest BCUT2D eigenvalue weighted by Crippen LogP contribution is -2.14. The Bertz CT molecular complexity index is 417. The van der Waals surface area contributed by atoms with Crippen molar-refractivity contribution in [3.63, 3.8) is 0 Å². The summed E-state index contributed by atoms with van der Waals surface area (Å²) in [4.78, 5) is 0. The summed E-state index contributed by atoms with van der Waals surface area (Å²) in [5.41, 5.74) is 6.39. The van der Waals surface area contributed by atoms with E-state index in [1.807, 2.05) is 0 Å². The standard InChI is InChI=1S/C12H15FN2O2/c13-10-4-8(3-9(5-10)12(14)15)6-17-11-1-2-16-7-11/h3-5,11H,1-2,6-7H2,(H3,14,15). The van der Waals surface area contributed by atoms with Gasteiger partial charge in [-0.05, 0) is 30.2 Å². The SMILES string of the molecule is N=C(N)c1cc(F)cc(COC2CCOC2)c1. The largest absolute Gasteiger partial charge is 0.384 e. The highest BCUT2D eigenvalue weighted by Crippen LogP contribution is 2.14. The molecule has 1 heterocycles. The van der Waals surface area contributed by atoms with Gasteiger partial charge in [0, 0.05) is 12.2 Å². The lowest BCUT2D eigenvalue weighted by molar-refractivity contribution is 0.0316. The summed E-state index contributed by atoms with van der Waals surface area (Å²) >= 11 is 0. The van der Waals surface area contributed by atoms with Crippen molar-refractivity contribution in [2.24, 2.45) is 5.73 Å². The topological polar surface area (TPSA) is 68.3 Å². The monoisotopic (exact) mass is 238 g/mol. The molecule has 17 heavy (non-hydrogen) atoms. The van der Waals surface area contributed by atoms with E-state index in [2.05, 4.69) is 0 Å². The van der Waals surface area contributed by atoms with Gasteiger partial charge in [-0.15, -0.1) is 0 Å². The van der Waals surface area contributed by atoms with Crippen molar-refractivity contribution in [3.05, 3.63) is 35.1 Å². The van der Waals surface area contributed by atoms with Crippen LogP contribution in [0, 0.1) is 11.2 Å². The van der Waals surface area contributed by atoms with E-state index in [1.165, 1.54) is 12.1 Å². The van der Waals surface area contributed by atoms with E-state index in [1.54, 1.807) is 6.07 Å². The Kier molecular flexibility index (Phi) is 3.71. The molecule has 0 radical (unpaired) electrons. The third-order valence-electron chi connectivity index (χ3n) is 2.64. The second-order valence-corrected chi connectivity index (χ2v) is 4.06. The number of amidine groups is 1. The fourth-order valence-corrected chi connectivity index (χ4v) is 1.75. The average Bonchev–Trinajstić information content (AvgIpc) is 2.78. The maximum absolute atomic E-state index is 13.3. The molecule has 1 aromatic carbocycles. The molecule has 4 nitrogen and oxygen atoms in total. The molecule has 0 saturated carbocycles. The van der Waals surface area contributed by atoms with Gasteiger partial charge in [-0.2, -0.15) is 0 Å². The molecule has 0 aromatic heterocycles. The smallest absolute Gasteiger partial charge is 0.124 e. The van der Waals surface area contributed by atoms with E-state index >= 15 is 0 Å². The van der Waals surface area contributed by atoms with E-state index in [9.17, 15) is 4.39 Å². The number of nitrogen functional groups attached to an aromatic ring is 1. The van der Waals surface area contributed by atoms with Crippen molar-refractivity contribution in [2.75, 3.05) is 13.2 Å². The fourth-order valence-electron chi connectivity index (χ4n) is 1.75. The Morgan fingerprint density at radius 2 is 2.35 bits per heavy atom. The van der Waals surface area contributed by atoms with Crippen LogP contribution in [-0.4, -0.2) is 25.2 Å². The number of halogens is 1. The van der Waals surface area contributed by atoms with Gasteiger partial charge in [0.2, 0.25) is 0 Å². The summed E-state index contributed by atoms with van der Waals surface area (Å²) < 4.78 is 24.0. The predicted molar refractivity (Wildman–Crippen MR) is 61.4 cm³/mol. The van der Waals surface area contributed by atoms with Crippen LogP contribution >= 0.6 is 0 Å². The van der Waals surface area contributed by atoms with Crippen molar-refractivity contribution in [1.29, 1.82) is 5.41 Å². The van der Waals surface area contributed by atoms with Gasteiger partial charge in [0.25, 0.3) is 0 Å². The van der Waals surface area contributed by atoms with Gasteiger partial charge in [-0.3, -0.25) is 5.41 Å². The number of hydrogen-bond donors (Lipinski definition) is 2. The number of hydrogen-bond acceptors (Lipinski definition) is 3. The van der Waals surface area contributed by atoms with Crippen LogP contribution in [0.5, 0.6) is 0 Å².